The molecule has 2 atom stereocenters. The third-order valence-electron chi connectivity index (χ3n) is 4.10. The van der Waals surface area contributed by atoms with Crippen molar-refractivity contribution >= 4 is 5.91 Å². The standard InChI is InChI=1S/C17H27N3O/c1-13(2)16-10-18-15(14-8-6-5-7-9-14)11-20(16)17(21)12-19(3)4/h5-9,13,15-16,18H,10-12H2,1-4H3. The molecule has 0 saturated carbocycles. The highest BCUT2D eigenvalue weighted by atomic mass is 16.2. The van der Waals surface area contributed by atoms with E-state index in [-0.39, 0.29) is 18.0 Å². The second-order valence-corrected chi connectivity index (χ2v) is 6.47. The molecule has 21 heavy (non-hydrogen) atoms. The summed E-state index contributed by atoms with van der Waals surface area (Å²) in [7, 11) is 3.89. The minimum atomic E-state index is 0.223. The van der Waals surface area contributed by atoms with Crippen molar-refractivity contribution in [2.45, 2.75) is 25.9 Å². The van der Waals surface area contributed by atoms with Crippen LogP contribution in [0.25, 0.3) is 0 Å². The van der Waals surface area contributed by atoms with Gasteiger partial charge in [0.25, 0.3) is 0 Å². The monoisotopic (exact) mass is 289 g/mol. The molecule has 0 aliphatic carbocycles. The summed E-state index contributed by atoms with van der Waals surface area (Å²) in [5.74, 6) is 0.682. The van der Waals surface area contributed by atoms with Crippen molar-refractivity contribution in [3.05, 3.63) is 35.9 Å². The quantitative estimate of drug-likeness (QED) is 0.917. The van der Waals surface area contributed by atoms with E-state index in [4.69, 9.17) is 0 Å². The molecular formula is C17H27N3O. The van der Waals surface area contributed by atoms with Gasteiger partial charge in [0.1, 0.15) is 0 Å². The van der Waals surface area contributed by atoms with E-state index in [1.807, 2.05) is 25.1 Å². The van der Waals surface area contributed by atoms with Crippen LogP contribution in [0.15, 0.2) is 30.3 Å². The van der Waals surface area contributed by atoms with Crippen LogP contribution < -0.4 is 5.32 Å². The molecule has 1 aliphatic heterocycles. The van der Waals surface area contributed by atoms with Crippen LogP contribution in [-0.4, -0.2) is 55.5 Å². The van der Waals surface area contributed by atoms with E-state index < -0.39 is 0 Å². The molecular weight excluding hydrogens is 262 g/mol. The van der Waals surface area contributed by atoms with E-state index in [0.717, 1.165) is 13.1 Å². The van der Waals surface area contributed by atoms with Crippen molar-refractivity contribution in [3.63, 3.8) is 0 Å². The Hall–Kier alpha value is -1.39. The Morgan fingerprint density at radius 3 is 2.57 bits per heavy atom. The normalized spacial score (nSPS) is 22.9. The van der Waals surface area contributed by atoms with Gasteiger partial charge in [0, 0.05) is 25.2 Å². The Morgan fingerprint density at radius 1 is 1.33 bits per heavy atom. The molecule has 1 saturated heterocycles. The molecule has 4 heteroatoms. The van der Waals surface area contributed by atoms with Crippen LogP contribution in [-0.2, 0) is 4.79 Å². The number of benzene rings is 1. The second-order valence-electron chi connectivity index (χ2n) is 6.47. The molecule has 1 amide bonds. The zero-order chi connectivity index (χ0) is 15.4. The zero-order valence-electron chi connectivity index (χ0n) is 13.5. The molecule has 1 aliphatic rings. The van der Waals surface area contributed by atoms with Crippen molar-refractivity contribution in [3.8, 4) is 0 Å². The van der Waals surface area contributed by atoms with Crippen molar-refractivity contribution in [1.29, 1.82) is 0 Å². The fourth-order valence-electron chi connectivity index (χ4n) is 2.92. The van der Waals surface area contributed by atoms with Gasteiger partial charge in [-0.2, -0.15) is 0 Å². The predicted octanol–water partition coefficient (Wildman–Crippen LogP) is 1.75. The lowest BCUT2D eigenvalue weighted by atomic mass is 9.95. The molecule has 2 rings (SSSR count). The summed E-state index contributed by atoms with van der Waals surface area (Å²) in [6, 6.07) is 10.9. The molecule has 1 aromatic carbocycles. The molecule has 1 N–H and O–H groups in total. The largest absolute Gasteiger partial charge is 0.335 e. The Bertz CT molecular complexity index is 458. The third-order valence-corrected chi connectivity index (χ3v) is 4.10. The molecule has 0 aromatic heterocycles. The minimum absolute atomic E-state index is 0.223. The van der Waals surface area contributed by atoms with Crippen LogP contribution in [0.3, 0.4) is 0 Å². The van der Waals surface area contributed by atoms with Gasteiger partial charge in [-0.3, -0.25) is 4.79 Å². The number of hydrogen-bond acceptors (Lipinski definition) is 3. The summed E-state index contributed by atoms with van der Waals surface area (Å²) in [5, 5.41) is 3.60. The number of carbonyl (C=O) groups excluding carboxylic acids is 1. The van der Waals surface area contributed by atoms with E-state index in [2.05, 4.69) is 48.3 Å². The first-order valence-corrected chi connectivity index (χ1v) is 7.71. The number of carbonyl (C=O) groups is 1. The van der Waals surface area contributed by atoms with E-state index >= 15 is 0 Å². The van der Waals surface area contributed by atoms with Crippen LogP contribution in [0, 0.1) is 5.92 Å². The number of piperazine rings is 1. The van der Waals surface area contributed by atoms with Gasteiger partial charge in [-0.05, 0) is 25.6 Å². The minimum Gasteiger partial charge on any atom is -0.335 e. The first kappa shape index (κ1) is 16.0. The lowest BCUT2D eigenvalue weighted by Gasteiger charge is -2.43. The van der Waals surface area contributed by atoms with E-state index in [1.165, 1.54) is 5.56 Å². The van der Waals surface area contributed by atoms with Crippen molar-refractivity contribution in [2.24, 2.45) is 5.92 Å². The van der Waals surface area contributed by atoms with E-state index in [0.29, 0.717) is 12.5 Å². The van der Waals surface area contributed by atoms with Gasteiger partial charge in [0.2, 0.25) is 5.91 Å². The highest BCUT2D eigenvalue weighted by Crippen LogP contribution is 2.23. The maximum absolute atomic E-state index is 12.6. The lowest BCUT2D eigenvalue weighted by Crippen LogP contribution is -2.58. The number of hydrogen-bond donors (Lipinski definition) is 1. The summed E-state index contributed by atoms with van der Waals surface area (Å²) >= 11 is 0. The summed E-state index contributed by atoms with van der Waals surface area (Å²) in [6.45, 7) is 6.46. The fourth-order valence-corrected chi connectivity index (χ4v) is 2.92. The van der Waals surface area contributed by atoms with Gasteiger partial charge in [-0.1, -0.05) is 44.2 Å². The number of nitrogens with zero attached hydrogens (tertiary/aromatic N) is 2. The number of likely N-dealkylation sites (N-methyl/N-ethyl adjacent to an activating group) is 1. The highest BCUT2D eigenvalue weighted by molar-refractivity contribution is 5.78. The van der Waals surface area contributed by atoms with Crippen LogP contribution in [0.5, 0.6) is 0 Å². The van der Waals surface area contributed by atoms with Crippen LogP contribution in [0.2, 0.25) is 0 Å². The number of rotatable bonds is 4. The molecule has 116 valence electrons. The summed E-state index contributed by atoms with van der Waals surface area (Å²) < 4.78 is 0. The Morgan fingerprint density at radius 2 is 2.00 bits per heavy atom. The first-order chi connectivity index (χ1) is 9.99. The topological polar surface area (TPSA) is 35.6 Å². The van der Waals surface area contributed by atoms with Crippen LogP contribution in [0.4, 0.5) is 0 Å². The maximum Gasteiger partial charge on any atom is 0.237 e. The van der Waals surface area contributed by atoms with Gasteiger partial charge >= 0.3 is 0 Å². The fraction of sp³-hybridized carbons (Fsp3) is 0.588. The second kappa shape index (κ2) is 7.05. The predicted molar refractivity (Wildman–Crippen MR) is 86.1 cm³/mol. The Kier molecular flexibility index (Phi) is 5.37. The molecule has 1 heterocycles. The maximum atomic E-state index is 12.6. The van der Waals surface area contributed by atoms with Gasteiger partial charge < -0.3 is 15.1 Å². The summed E-state index contributed by atoms with van der Waals surface area (Å²) in [5.41, 5.74) is 1.25. The van der Waals surface area contributed by atoms with E-state index in [1.54, 1.807) is 0 Å². The average molecular weight is 289 g/mol. The van der Waals surface area contributed by atoms with Gasteiger partial charge in [0.15, 0.2) is 0 Å². The summed E-state index contributed by atoms with van der Waals surface area (Å²) in [4.78, 5) is 16.6. The molecule has 1 fully saturated rings. The van der Waals surface area contributed by atoms with Gasteiger partial charge in [-0.25, -0.2) is 0 Å². The lowest BCUT2D eigenvalue weighted by molar-refractivity contribution is -0.137. The number of amides is 1. The first-order valence-electron chi connectivity index (χ1n) is 7.71. The highest BCUT2D eigenvalue weighted by Gasteiger charge is 2.33. The van der Waals surface area contributed by atoms with Crippen LogP contribution in [0.1, 0.15) is 25.5 Å². The Labute approximate surface area is 128 Å². The van der Waals surface area contributed by atoms with Crippen LogP contribution >= 0.6 is 0 Å². The Balaban J connectivity index is 2.14. The van der Waals surface area contributed by atoms with Crippen molar-refractivity contribution < 1.29 is 4.79 Å². The molecule has 4 nitrogen and oxygen atoms in total. The van der Waals surface area contributed by atoms with Gasteiger partial charge in [-0.15, -0.1) is 0 Å². The van der Waals surface area contributed by atoms with Crippen molar-refractivity contribution in [2.75, 3.05) is 33.7 Å². The molecule has 0 radical (unpaired) electrons. The third kappa shape index (κ3) is 4.05. The zero-order valence-corrected chi connectivity index (χ0v) is 13.5. The van der Waals surface area contributed by atoms with E-state index in [9.17, 15) is 4.79 Å². The SMILES string of the molecule is CC(C)C1CNC(c2ccccc2)CN1C(=O)CN(C)C. The molecule has 1 aromatic rings. The average Bonchev–Trinajstić information content (AvgIpc) is 2.46. The number of nitrogens with one attached hydrogen (secondary N) is 1. The smallest absolute Gasteiger partial charge is 0.237 e. The molecule has 0 spiro atoms. The van der Waals surface area contributed by atoms with Gasteiger partial charge in [0.05, 0.1) is 6.54 Å². The summed E-state index contributed by atoms with van der Waals surface area (Å²) in [6.07, 6.45) is 0. The molecule has 2 unspecified atom stereocenters. The van der Waals surface area contributed by atoms with Crippen molar-refractivity contribution in [1.82, 2.24) is 15.1 Å². The molecule has 0 bridgehead atoms.